The molecule has 150 valence electrons. The van der Waals surface area contributed by atoms with Gasteiger partial charge in [0, 0.05) is 19.0 Å². The number of methoxy groups -OCH3 is 1. The van der Waals surface area contributed by atoms with Crippen LogP contribution in [0.4, 0.5) is 0 Å². The number of carboxylic acid groups (broad SMARTS) is 1. The van der Waals surface area contributed by atoms with Crippen LogP contribution in [-0.2, 0) is 13.0 Å². The number of amides is 1. The first kappa shape index (κ1) is 19.9. The summed E-state index contributed by atoms with van der Waals surface area (Å²) < 4.78 is 7.27. The van der Waals surface area contributed by atoms with E-state index < -0.39 is 5.97 Å². The van der Waals surface area contributed by atoms with E-state index in [1.54, 1.807) is 18.3 Å². The fourth-order valence-electron chi connectivity index (χ4n) is 3.34. The van der Waals surface area contributed by atoms with Gasteiger partial charge in [0.25, 0.3) is 5.91 Å². The van der Waals surface area contributed by atoms with Gasteiger partial charge in [0.05, 0.1) is 30.1 Å². The van der Waals surface area contributed by atoms with Gasteiger partial charge in [-0.05, 0) is 42.9 Å². The monoisotopic (exact) mass is 385 g/mol. The maximum Gasteiger partial charge on any atom is 0.335 e. The van der Waals surface area contributed by atoms with Crippen molar-refractivity contribution in [3.63, 3.8) is 0 Å². The fraction of sp³-hybridized carbons (Fsp3) is 0.476. The Hall–Kier alpha value is -2.83. The topological polar surface area (TPSA) is 93.4 Å². The van der Waals surface area contributed by atoms with Gasteiger partial charge in [0.15, 0.2) is 0 Å². The van der Waals surface area contributed by atoms with Crippen molar-refractivity contribution in [3.05, 3.63) is 46.8 Å². The van der Waals surface area contributed by atoms with Gasteiger partial charge in [0.1, 0.15) is 5.75 Å². The van der Waals surface area contributed by atoms with E-state index in [0.29, 0.717) is 36.1 Å². The summed E-state index contributed by atoms with van der Waals surface area (Å²) in [4.78, 5) is 23.8. The lowest BCUT2D eigenvalue weighted by atomic mass is 10.1. The zero-order valence-electron chi connectivity index (χ0n) is 16.6. The Bertz CT molecular complexity index is 869. The molecule has 2 aromatic rings. The van der Waals surface area contributed by atoms with Gasteiger partial charge in [-0.25, -0.2) is 4.79 Å². The molecule has 0 spiro atoms. The van der Waals surface area contributed by atoms with Crippen molar-refractivity contribution in [1.29, 1.82) is 0 Å². The fourth-order valence-corrected chi connectivity index (χ4v) is 3.34. The molecule has 1 aromatic carbocycles. The molecule has 0 saturated heterocycles. The highest BCUT2D eigenvalue weighted by molar-refractivity contribution is 5.95. The number of aromatic carboxylic acids is 1. The van der Waals surface area contributed by atoms with E-state index in [9.17, 15) is 9.59 Å². The predicted octanol–water partition coefficient (Wildman–Crippen LogP) is 3.10. The lowest BCUT2D eigenvalue weighted by molar-refractivity contribution is 0.0696. The number of carbonyl (C=O) groups is 2. The van der Waals surface area contributed by atoms with Crippen LogP contribution in [0.3, 0.4) is 0 Å². The molecule has 7 nitrogen and oxygen atoms in total. The van der Waals surface area contributed by atoms with Crippen LogP contribution in [0, 0.1) is 5.92 Å². The molecule has 1 saturated carbocycles. The molecule has 0 unspecified atom stereocenters. The number of benzene rings is 1. The van der Waals surface area contributed by atoms with Crippen molar-refractivity contribution in [2.24, 2.45) is 5.92 Å². The zero-order chi connectivity index (χ0) is 20.3. The predicted molar refractivity (Wildman–Crippen MR) is 105 cm³/mol. The van der Waals surface area contributed by atoms with Gasteiger partial charge in [0.2, 0.25) is 0 Å². The van der Waals surface area contributed by atoms with Crippen LogP contribution in [0.25, 0.3) is 0 Å². The van der Waals surface area contributed by atoms with E-state index in [0.717, 1.165) is 30.6 Å². The lowest BCUT2D eigenvalue weighted by Crippen LogP contribution is -2.26. The van der Waals surface area contributed by atoms with Crippen LogP contribution < -0.4 is 10.1 Å². The molecule has 0 bridgehead atoms. The van der Waals surface area contributed by atoms with Crippen LogP contribution >= 0.6 is 0 Å². The second-order valence-corrected chi connectivity index (χ2v) is 7.63. The van der Waals surface area contributed by atoms with E-state index in [4.69, 9.17) is 9.84 Å². The van der Waals surface area contributed by atoms with Gasteiger partial charge in [-0.2, -0.15) is 5.10 Å². The molecule has 28 heavy (non-hydrogen) atoms. The van der Waals surface area contributed by atoms with Crippen LogP contribution in [-0.4, -0.2) is 40.4 Å². The highest BCUT2D eigenvalue weighted by Crippen LogP contribution is 2.41. The van der Waals surface area contributed by atoms with Crippen molar-refractivity contribution >= 4 is 11.9 Å². The average Bonchev–Trinajstić information content (AvgIpc) is 3.41. The minimum atomic E-state index is -0.996. The normalized spacial score (nSPS) is 13.6. The maximum atomic E-state index is 12.7. The van der Waals surface area contributed by atoms with E-state index in [1.165, 1.54) is 13.2 Å². The third-order valence-electron chi connectivity index (χ3n) is 4.84. The molecule has 0 radical (unpaired) electrons. The summed E-state index contributed by atoms with van der Waals surface area (Å²) in [5.41, 5.74) is 2.74. The number of carboxylic acids is 1. The first-order valence-electron chi connectivity index (χ1n) is 9.64. The number of ether oxygens (including phenoxy) is 1. The molecule has 3 rings (SSSR count). The van der Waals surface area contributed by atoms with Gasteiger partial charge >= 0.3 is 5.97 Å². The van der Waals surface area contributed by atoms with Crippen LogP contribution in [0.15, 0.2) is 24.4 Å². The Morgan fingerprint density at radius 1 is 1.36 bits per heavy atom. The molecule has 1 fully saturated rings. The van der Waals surface area contributed by atoms with Crippen molar-refractivity contribution < 1.29 is 19.4 Å². The van der Waals surface area contributed by atoms with Gasteiger partial charge in [-0.1, -0.05) is 19.9 Å². The number of aromatic nitrogens is 2. The Balaban J connectivity index is 1.65. The SMILES string of the molecule is COc1cc(C(=O)O)ccc1CCNC(=O)c1cnn(CC(C)C)c1C1CC1. The van der Waals surface area contributed by atoms with Crippen molar-refractivity contribution in [2.75, 3.05) is 13.7 Å². The molecular formula is C21H27N3O4. The van der Waals surface area contributed by atoms with Crippen LogP contribution in [0.5, 0.6) is 5.75 Å². The molecule has 1 aromatic heterocycles. The molecular weight excluding hydrogens is 358 g/mol. The first-order valence-corrected chi connectivity index (χ1v) is 9.64. The minimum absolute atomic E-state index is 0.113. The molecule has 7 heteroatoms. The molecule has 2 N–H and O–H groups in total. The summed E-state index contributed by atoms with van der Waals surface area (Å²) in [7, 11) is 1.51. The number of nitrogens with zero attached hydrogens (tertiary/aromatic N) is 2. The lowest BCUT2D eigenvalue weighted by Gasteiger charge is -2.12. The zero-order valence-corrected chi connectivity index (χ0v) is 16.6. The minimum Gasteiger partial charge on any atom is -0.496 e. The second kappa shape index (κ2) is 8.46. The van der Waals surface area contributed by atoms with E-state index in [2.05, 4.69) is 24.3 Å². The largest absolute Gasteiger partial charge is 0.496 e. The van der Waals surface area contributed by atoms with Crippen molar-refractivity contribution in [1.82, 2.24) is 15.1 Å². The highest BCUT2D eigenvalue weighted by Gasteiger charge is 2.32. The number of nitrogens with one attached hydrogen (secondary N) is 1. The Morgan fingerprint density at radius 3 is 2.71 bits per heavy atom. The summed E-state index contributed by atoms with van der Waals surface area (Å²) in [6.07, 6.45) is 4.44. The summed E-state index contributed by atoms with van der Waals surface area (Å²) in [6, 6.07) is 4.77. The van der Waals surface area contributed by atoms with E-state index in [1.807, 2.05) is 4.68 Å². The maximum absolute atomic E-state index is 12.7. The van der Waals surface area contributed by atoms with E-state index in [-0.39, 0.29) is 11.5 Å². The Labute approximate surface area is 164 Å². The first-order chi connectivity index (χ1) is 13.4. The Kier molecular flexibility index (Phi) is 6.02. The average molecular weight is 385 g/mol. The van der Waals surface area contributed by atoms with Crippen LogP contribution in [0.2, 0.25) is 0 Å². The van der Waals surface area contributed by atoms with E-state index >= 15 is 0 Å². The molecule has 1 aliphatic carbocycles. The number of carbonyl (C=O) groups excluding carboxylic acids is 1. The standard InChI is InChI=1S/C21H27N3O4/c1-13(2)12-24-19(15-5-6-15)17(11-23-24)20(25)22-9-8-14-4-7-16(21(26)27)10-18(14)28-3/h4,7,10-11,13,15H,5-6,8-9,12H2,1-3H3,(H,22,25)(H,26,27). The Morgan fingerprint density at radius 2 is 2.11 bits per heavy atom. The molecule has 0 aliphatic heterocycles. The number of hydrogen-bond acceptors (Lipinski definition) is 4. The number of hydrogen-bond donors (Lipinski definition) is 2. The quantitative estimate of drug-likeness (QED) is 0.692. The summed E-state index contributed by atoms with van der Waals surface area (Å²) >= 11 is 0. The molecule has 1 heterocycles. The molecule has 1 amide bonds. The molecule has 0 atom stereocenters. The van der Waals surface area contributed by atoms with Crippen LogP contribution in [0.1, 0.15) is 64.6 Å². The number of rotatable bonds is 9. The third-order valence-corrected chi connectivity index (χ3v) is 4.84. The summed E-state index contributed by atoms with van der Waals surface area (Å²) in [6.45, 7) is 5.52. The third kappa shape index (κ3) is 4.52. The van der Waals surface area contributed by atoms with Crippen molar-refractivity contribution in [2.45, 2.75) is 45.6 Å². The smallest absolute Gasteiger partial charge is 0.335 e. The summed E-state index contributed by atoms with van der Waals surface area (Å²) in [5.74, 6) is 0.306. The van der Waals surface area contributed by atoms with Gasteiger partial charge in [-0.3, -0.25) is 9.48 Å². The molecule has 1 aliphatic rings. The second-order valence-electron chi connectivity index (χ2n) is 7.63. The van der Waals surface area contributed by atoms with Gasteiger partial charge in [-0.15, -0.1) is 0 Å². The summed E-state index contributed by atoms with van der Waals surface area (Å²) in [5, 5.41) is 16.5. The van der Waals surface area contributed by atoms with Gasteiger partial charge < -0.3 is 15.2 Å². The van der Waals surface area contributed by atoms with Crippen molar-refractivity contribution in [3.8, 4) is 5.75 Å². The highest BCUT2D eigenvalue weighted by atomic mass is 16.5.